The number of nitrogens with one attached hydrogen (secondary N) is 1. The van der Waals surface area contributed by atoms with Gasteiger partial charge in [0.1, 0.15) is 19.1 Å². The van der Waals surface area contributed by atoms with Gasteiger partial charge in [-0.15, -0.1) is 0 Å². The van der Waals surface area contributed by atoms with Crippen molar-refractivity contribution in [2.24, 2.45) is 14.1 Å². The van der Waals surface area contributed by atoms with Crippen LogP contribution in [0, 0.1) is 0 Å². The van der Waals surface area contributed by atoms with Crippen LogP contribution in [0.2, 0.25) is 0 Å². The number of ether oxygens (including phenoxy) is 1. The molecular formula is C14H22ClN5O3. The molecule has 2 aromatic heterocycles. The fourth-order valence-corrected chi connectivity index (χ4v) is 3.09. The third-order valence-corrected chi connectivity index (χ3v) is 4.52. The number of hydrogen-bond acceptors (Lipinski definition) is 4. The van der Waals surface area contributed by atoms with Gasteiger partial charge in [-0.25, -0.2) is 9.78 Å². The molecule has 1 fully saturated rings. The average molecular weight is 344 g/mol. The van der Waals surface area contributed by atoms with E-state index in [4.69, 9.17) is 4.74 Å². The summed E-state index contributed by atoms with van der Waals surface area (Å²) in [5.74, 6) is 0. The normalized spacial score (nSPS) is 17.2. The van der Waals surface area contributed by atoms with Crippen LogP contribution in [0.25, 0.3) is 11.2 Å². The van der Waals surface area contributed by atoms with Gasteiger partial charge in [0.05, 0.1) is 26.1 Å². The Morgan fingerprint density at radius 3 is 2.57 bits per heavy atom. The highest BCUT2D eigenvalue weighted by atomic mass is 35.5. The van der Waals surface area contributed by atoms with E-state index in [0.29, 0.717) is 23.8 Å². The van der Waals surface area contributed by atoms with E-state index in [1.165, 1.54) is 16.5 Å². The van der Waals surface area contributed by atoms with Crippen molar-refractivity contribution in [1.82, 2.24) is 18.7 Å². The largest absolute Gasteiger partial charge is 1.00 e. The lowest BCUT2D eigenvalue weighted by Crippen LogP contribution is -3.17. The maximum absolute atomic E-state index is 12.4. The monoisotopic (exact) mass is 343 g/mol. The number of imidazole rings is 1. The smallest absolute Gasteiger partial charge is 0.332 e. The van der Waals surface area contributed by atoms with Crippen molar-refractivity contribution in [3.63, 3.8) is 0 Å². The minimum atomic E-state index is -0.352. The molecule has 128 valence electrons. The quantitative estimate of drug-likeness (QED) is 0.604. The maximum atomic E-state index is 12.4. The molecule has 1 aliphatic rings. The first-order valence-corrected chi connectivity index (χ1v) is 7.54. The van der Waals surface area contributed by atoms with E-state index in [-0.39, 0.29) is 23.7 Å². The Balaban J connectivity index is 0.00000192. The van der Waals surface area contributed by atoms with Crippen LogP contribution in [0.15, 0.2) is 15.9 Å². The molecule has 8 nitrogen and oxygen atoms in total. The van der Waals surface area contributed by atoms with Crippen LogP contribution >= 0.6 is 0 Å². The van der Waals surface area contributed by atoms with Gasteiger partial charge in [-0.1, -0.05) is 0 Å². The highest BCUT2D eigenvalue weighted by Gasteiger charge is 2.23. The molecule has 9 heteroatoms. The Morgan fingerprint density at radius 2 is 1.91 bits per heavy atom. The van der Waals surface area contributed by atoms with E-state index in [0.717, 1.165) is 30.9 Å². The van der Waals surface area contributed by atoms with Crippen LogP contribution in [0.3, 0.4) is 0 Å². The number of hydrogen-bond donors (Lipinski definition) is 1. The predicted molar refractivity (Wildman–Crippen MR) is 81.2 cm³/mol. The Morgan fingerprint density at radius 1 is 1.26 bits per heavy atom. The second kappa shape index (κ2) is 6.86. The zero-order valence-electron chi connectivity index (χ0n) is 13.6. The highest BCUT2D eigenvalue weighted by Crippen LogP contribution is 2.05. The van der Waals surface area contributed by atoms with Gasteiger partial charge in [0, 0.05) is 14.1 Å². The molecule has 3 rings (SSSR count). The molecule has 1 saturated heterocycles. The highest BCUT2D eigenvalue weighted by molar-refractivity contribution is 5.69. The molecular weight excluding hydrogens is 322 g/mol. The third kappa shape index (κ3) is 3.06. The van der Waals surface area contributed by atoms with Gasteiger partial charge >= 0.3 is 5.69 Å². The molecule has 2 aromatic rings. The van der Waals surface area contributed by atoms with Crippen molar-refractivity contribution in [2.75, 3.05) is 26.3 Å². The number of morpholine rings is 1. The average Bonchev–Trinajstić information content (AvgIpc) is 2.95. The minimum absolute atomic E-state index is 0. The molecule has 23 heavy (non-hydrogen) atoms. The summed E-state index contributed by atoms with van der Waals surface area (Å²) in [7, 11) is 3.14. The van der Waals surface area contributed by atoms with E-state index in [9.17, 15) is 9.59 Å². The number of halogens is 1. The molecule has 0 bridgehead atoms. The summed E-state index contributed by atoms with van der Waals surface area (Å²) < 4.78 is 9.80. The topological polar surface area (TPSA) is 75.5 Å². The fraction of sp³-hybridized carbons (Fsp3) is 0.643. The van der Waals surface area contributed by atoms with Gasteiger partial charge in [-0.2, -0.15) is 0 Å². The van der Waals surface area contributed by atoms with Crippen molar-refractivity contribution in [3.05, 3.63) is 27.2 Å². The molecule has 1 aliphatic heterocycles. The van der Waals surface area contributed by atoms with Gasteiger partial charge in [-0.3, -0.25) is 13.9 Å². The standard InChI is InChI=1S/C14H21N5O3.ClH/c1-10(18-4-6-22-7-5-18)8-19-9-15-12-11(19)13(20)17(3)14(21)16(12)2;/h9-10H,4-8H2,1-3H3;1H. The second-order valence-corrected chi connectivity index (χ2v) is 5.95. The Labute approximate surface area is 139 Å². The Hall–Kier alpha value is -1.64. The molecule has 0 aliphatic carbocycles. The zero-order chi connectivity index (χ0) is 15.9. The number of fused-ring (bicyclic) bond motifs is 1. The van der Waals surface area contributed by atoms with Crippen LogP contribution in [0.5, 0.6) is 0 Å². The second-order valence-electron chi connectivity index (χ2n) is 5.95. The Kier molecular flexibility index (Phi) is 5.28. The van der Waals surface area contributed by atoms with E-state index in [2.05, 4.69) is 11.9 Å². The van der Waals surface area contributed by atoms with Crippen molar-refractivity contribution < 1.29 is 22.0 Å². The summed E-state index contributed by atoms with van der Waals surface area (Å²) in [6, 6.07) is 0.350. The Bertz CT molecular complexity index is 803. The number of aryl methyl sites for hydroxylation is 1. The first kappa shape index (κ1) is 17.7. The minimum Gasteiger partial charge on any atom is -1.00 e. The summed E-state index contributed by atoms with van der Waals surface area (Å²) in [6.45, 7) is 6.37. The van der Waals surface area contributed by atoms with Gasteiger partial charge in [-0.05, 0) is 6.92 Å². The lowest BCUT2D eigenvalue weighted by molar-refractivity contribution is -0.931. The van der Waals surface area contributed by atoms with Crippen LogP contribution in [-0.4, -0.2) is 51.0 Å². The van der Waals surface area contributed by atoms with Crippen molar-refractivity contribution in [1.29, 1.82) is 0 Å². The molecule has 0 saturated carbocycles. The fourth-order valence-electron chi connectivity index (χ4n) is 3.09. The SMILES string of the molecule is CC(Cn1cnc2c1c(=O)n(C)c(=O)n2C)[NH+]1CCOCC1.[Cl-]. The van der Waals surface area contributed by atoms with Crippen LogP contribution < -0.4 is 28.6 Å². The molecule has 1 unspecified atom stereocenters. The van der Waals surface area contributed by atoms with Gasteiger partial charge in [0.15, 0.2) is 11.2 Å². The summed E-state index contributed by atoms with van der Waals surface area (Å²) in [4.78, 5) is 30.1. The summed E-state index contributed by atoms with van der Waals surface area (Å²) in [5.41, 5.74) is 0.288. The zero-order valence-corrected chi connectivity index (χ0v) is 14.3. The lowest BCUT2D eigenvalue weighted by Gasteiger charge is -2.29. The molecule has 1 N–H and O–H groups in total. The molecule has 1 atom stereocenters. The first-order valence-electron chi connectivity index (χ1n) is 7.54. The summed E-state index contributed by atoms with van der Waals surface area (Å²) >= 11 is 0. The van der Waals surface area contributed by atoms with Crippen molar-refractivity contribution in [3.8, 4) is 0 Å². The van der Waals surface area contributed by atoms with Gasteiger partial charge in [0.25, 0.3) is 5.56 Å². The van der Waals surface area contributed by atoms with Crippen molar-refractivity contribution in [2.45, 2.75) is 19.5 Å². The third-order valence-electron chi connectivity index (χ3n) is 4.52. The van der Waals surface area contributed by atoms with E-state index in [1.807, 2.05) is 4.57 Å². The number of aromatic nitrogens is 4. The summed E-state index contributed by atoms with van der Waals surface area (Å²) in [5, 5.41) is 0. The maximum Gasteiger partial charge on any atom is 0.332 e. The van der Waals surface area contributed by atoms with E-state index < -0.39 is 0 Å². The van der Waals surface area contributed by atoms with Gasteiger partial charge < -0.3 is 26.6 Å². The predicted octanol–water partition coefficient (Wildman–Crippen LogP) is -5.26. The van der Waals surface area contributed by atoms with E-state index in [1.54, 1.807) is 13.4 Å². The molecule has 0 spiro atoms. The van der Waals surface area contributed by atoms with Gasteiger partial charge in [0.2, 0.25) is 0 Å². The van der Waals surface area contributed by atoms with Crippen LogP contribution in [0.4, 0.5) is 0 Å². The summed E-state index contributed by atoms with van der Waals surface area (Å²) in [6.07, 6.45) is 1.65. The lowest BCUT2D eigenvalue weighted by atomic mass is 10.2. The number of nitrogens with zero attached hydrogens (tertiary/aromatic N) is 4. The number of rotatable bonds is 3. The van der Waals surface area contributed by atoms with E-state index >= 15 is 0 Å². The molecule has 3 heterocycles. The van der Waals surface area contributed by atoms with Crippen LogP contribution in [-0.2, 0) is 25.4 Å². The molecule has 0 aromatic carbocycles. The first-order chi connectivity index (χ1) is 10.5. The van der Waals surface area contributed by atoms with Crippen molar-refractivity contribution >= 4 is 11.2 Å². The number of quaternary nitrogens is 1. The molecule has 0 radical (unpaired) electrons. The molecule has 0 amide bonds. The van der Waals surface area contributed by atoms with Crippen LogP contribution in [0.1, 0.15) is 6.92 Å².